The Labute approximate surface area is 110 Å². The standard InChI is InChI=1S/C13H17F3O3/c1-3-17-12(18-4-2)9-19-11-7-5-10(6-8-11)13(14,15)16/h5-8,12H,3-4,9H2,1-2H3. The predicted molar refractivity (Wildman–Crippen MR) is 64.0 cm³/mol. The first kappa shape index (κ1) is 15.8. The van der Waals surface area contributed by atoms with Crippen molar-refractivity contribution in [2.24, 2.45) is 0 Å². The van der Waals surface area contributed by atoms with E-state index in [-0.39, 0.29) is 6.61 Å². The lowest BCUT2D eigenvalue weighted by Crippen LogP contribution is -2.25. The van der Waals surface area contributed by atoms with Crippen molar-refractivity contribution in [2.45, 2.75) is 26.3 Å². The zero-order valence-electron chi connectivity index (χ0n) is 10.9. The van der Waals surface area contributed by atoms with Crippen LogP contribution in [0, 0.1) is 0 Å². The number of alkyl halides is 3. The summed E-state index contributed by atoms with van der Waals surface area (Å²) in [5, 5.41) is 0. The molecule has 0 bridgehead atoms. The summed E-state index contributed by atoms with van der Waals surface area (Å²) in [6.45, 7) is 4.73. The molecule has 1 aromatic rings. The third kappa shape index (κ3) is 5.48. The molecule has 0 unspecified atom stereocenters. The molecule has 1 aromatic carbocycles. The minimum Gasteiger partial charge on any atom is -0.488 e. The SMILES string of the molecule is CCOC(COc1ccc(C(F)(F)F)cc1)OCC. The van der Waals surface area contributed by atoms with Gasteiger partial charge in [-0.2, -0.15) is 13.2 Å². The highest BCUT2D eigenvalue weighted by Gasteiger charge is 2.30. The fourth-order valence-electron chi connectivity index (χ4n) is 1.42. The van der Waals surface area contributed by atoms with Crippen LogP contribution in [0.15, 0.2) is 24.3 Å². The van der Waals surface area contributed by atoms with E-state index in [9.17, 15) is 13.2 Å². The maximum Gasteiger partial charge on any atom is 0.416 e. The number of ether oxygens (including phenoxy) is 3. The van der Waals surface area contributed by atoms with Gasteiger partial charge in [0.05, 0.1) is 5.56 Å². The second-order valence-corrected chi connectivity index (χ2v) is 3.67. The van der Waals surface area contributed by atoms with Gasteiger partial charge in [0.25, 0.3) is 0 Å². The van der Waals surface area contributed by atoms with Crippen LogP contribution >= 0.6 is 0 Å². The Bertz CT molecular complexity index is 356. The minimum absolute atomic E-state index is 0.132. The van der Waals surface area contributed by atoms with Crippen molar-refractivity contribution in [3.8, 4) is 5.75 Å². The van der Waals surface area contributed by atoms with Crippen molar-refractivity contribution in [2.75, 3.05) is 19.8 Å². The molecule has 0 radical (unpaired) electrons. The first-order valence-corrected chi connectivity index (χ1v) is 6.00. The zero-order valence-corrected chi connectivity index (χ0v) is 10.9. The van der Waals surface area contributed by atoms with Gasteiger partial charge in [0, 0.05) is 13.2 Å². The zero-order chi connectivity index (χ0) is 14.3. The molecule has 0 atom stereocenters. The van der Waals surface area contributed by atoms with E-state index in [1.165, 1.54) is 12.1 Å². The van der Waals surface area contributed by atoms with Crippen LogP contribution in [-0.4, -0.2) is 26.1 Å². The Kier molecular flexibility index (Phi) is 6.11. The summed E-state index contributed by atoms with van der Waals surface area (Å²) >= 11 is 0. The molecule has 0 saturated heterocycles. The first-order valence-electron chi connectivity index (χ1n) is 6.00. The lowest BCUT2D eigenvalue weighted by molar-refractivity contribution is -0.152. The van der Waals surface area contributed by atoms with E-state index in [1.807, 2.05) is 13.8 Å². The first-order chi connectivity index (χ1) is 8.97. The summed E-state index contributed by atoms with van der Waals surface area (Å²) in [5.74, 6) is 0.345. The third-order valence-corrected chi connectivity index (χ3v) is 2.27. The molecule has 0 heterocycles. The van der Waals surface area contributed by atoms with Gasteiger partial charge in [-0.05, 0) is 38.1 Å². The number of halogens is 3. The molecule has 1 rings (SSSR count). The highest BCUT2D eigenvalue weighted by Crippen LogP contribution is 2.30. The van der Waals surface area contributed by atoms with Gasteiger partial charge < -0.3 is 14.2 Å². The summed E-state index contributed by atoms with van der Waals surface area (Å²) in [6, 6.07) is 4.51. The molecule has 0 amide bonds. The molecule has 0 fully saturated rings. The molecule has 19 heavy (non-hydrogen) atoms. The molecule has 0 aliphatic carbocycles. The Balaban J connectivity index is 2.53. The topological polar surface area (TPSA) is 27.7 Å². The quantitative estimate of drug-likeness (QED) is 0.715. The Hall–Kier alpha value is -1.27. The summed E-state index contributed by atoms with van der Waals surface area (Å²) < 4.78 is 52.9. The Morgan fingerprint density at radius 3 is 1.95 bits per heavy atom. The molecule has 0 saturated carbocycles. The van der Waals surface area contributed by atoms with E-state index >= 15 is 0 Å². The van der Waals surface area contributed by atoms with E-state index in [2.05, 4.69) is 0 Å². The van der Waals surface area contributed by atoms with Crippen LogP contribution in [-0.2, 0) is 15.7 Å². The van der Waals surface area contributed by atoms with Crippen molar-refractivity contribution in [3.05, 3.63) is 29.8 Å². The van der Waals surface area contributed by atoms with Crippen LogP contribution < -0.4 is 4.74 Å². The molecule has 108 valence electrons. The van der Waals surface area contributed by atoms with Gasteiger partial charge in [0.1, 0.15) is 12.4 Å². The van der Waals surface area contributed by atoms with Crippen LogP contribution in [0.25, 0.3) is 0 Å². The van der Waals surface area contributed by atoms with Gasteiger partial charge in [-0.25, -0.2) is 0 Å². The number of hydrogen-bond acceptors (Lipinski definition) is 3. The second-order valence-electron chi connectivity index (χ2n) is 3.67. The van der Waals surface area contributed by atoms with Gasteiger partial charge in [0.15, 0.2) is 6.29 Å². The second kappa shape index (κ2) is 7.35. The van der Waals surface area contributed by atoms with E-state index < -0.39 is 18.0 Å². The van der Waals surface area contributed by atoms with Crippen molar-refractivity contribution < 1.29 is 27.4 Å². The fourth-order valence-corrected chi connectivity index (χ4v) is 1.42. The molecule has 0 aromatic heterocycles. The van der Waals surface area contributed by atoms with Gasteiger partial charge in [-0.1, -0.05) is 0 Å². The van der Waals surface area contributed by atoms with Crippen LogP contribution in [0.4, 0.5) is 13.2 Å². The smallest absolute Gasteiger partial charge is 0.416 e. The van der Waals surface area contributed by atoms with Gasteiger partial charge in [-0.15, -0.1) is 0 Å². The van der Waals surface area contributed by atoms with Crippen molar-refractivity contribution in [3.63, 3.8) is 0 Å². The normalized spacial score (nSPS) is 11.9. The summed E-state index contributed by atoms with van der Waals surface area (Å²) in [7, 11) is 0. The summed E-state index contributed by atoms with van der Waals surface area (Å²) in [4.78, 5) is 0. The highest BCUT2D eigenvalue weighted by atomic mass is 19.4. The van der Waals surface area contributed by atoms with Crippen molar-refractivity contribution >= 4 is 0 Å². The van der Waals surface area contributed by atoms with Crippen LogP contribution in [0.3, 0.4) is 0 Å². The summed E-state index contributed by atoms with van der Waals surface area (Å²) in [5.41, 5.74) is -0.703. The lowest BCUT2D eigenvalue weighted by atomic mass is 10.2. The van der Waals surface area contributed by atoms with E-state index in [0.29, 0.717) is 19.0 Å². The van der Waals surface area contributed by atoms with Crippen LogP contribution in [0.5, 0.6) is 5.75 Å². The maximum atomic E-state index is 12.4. The molecular formula is C13H17F3O3. The fraction of sp³-hybridized carbons (Fsp3) is 0.538. The molecule has 0 N–H and O–H groups in total. The summed E-state index contributed by atoms with van der Waals surface area (Å²) in [6.07, 6.45) is -4.85. The van der Waals surface area contributed by atoms with Crippen molar-refractivity contribution in [1.82, 2.24) is 0 Å². The van der Waals surface area contributed by atoms with Crippen LogP contribution in [0.2, 0.25) is 0 Å². The third-order valence-electron chi connectivity index (χ3n) is 2.27. The maximum absolute atomic E-state index is 12.4. The molecule has 0 spiro atoms. The average Bonchev–Trinajstić information content (AvgIpc) is 2.36. The predicted octanol–water partition coefficient (Wildman–Crippen LogP) is 3.48. The Morgan fingerprint density at radius 1 is 1.00 bits per heavy atom. The number of hydrogen-bond donors (Lipinski definition) is 0. The van der Waals surface area contributed by atoms with Crippen LogP contribution in [0.1, 0.15) is 19.4 Å². The molecular weight excluding hydrogens is 261 g/mol. The van der Waals surface area contributed by atoms with E-state index in [4.69, 9.17) is 14.2 Å². The van der Waals surface area contributed by atoms with Crippen molar-refractivity contribution in [1.29, 1.82) is 0 Å². The van der Waals surface area contributed by atoms with Gasteiger partial charge >= 0.3 is 6.18 Å². The minimum atomic E-state index is -4.34. The van der Waals surface area contributed by atoms with E-state index in [0.717, 1.165) is 12.1 Å². The molecule has 6 heteroatoms. The van der Waals surface area contributed by atoms with E-state index in [1.54, 1.807) is 0 Å². The monoisotopic (exact) mass is 278 g/mol. The average molecular weight is 278 g/mol. The highest BCUT2D eigenvalue weighted by molar-refractivity contribution is 5.28. The Morgan fingerprint density at radius 2 is 1.53 bits per heavy atom. The molecule has 0 aliphatic heterocycles. The lowest BCUT2D eigenvalue weighted by Gasteiger charge is -2.17. The van der Waals surface area contributed by atoms with Gasteiger partial charge in [-0.3, -0.25) is 0 Å². The van der Waals surface area contributed by atoms with Gasteiger partial charge in [0.2, 0.25) is 0 Å². The number of rotatable bonds is 7. The number of benzene rings is 1. The molecule has 0 aliphatic rings. The largest absolute Gasteiger partial charge is 0.488 e. The molecule has 3 nitrogen and oxygen atoms in total.